The number of carbonyl (C=O) groups is 1. The average Bonchev–Trinajstić information content (AvgIpc) is 3.10. The van der Waals surface area contributed by atoms with Crippen LogP contribution in [0.5, 0.6) is 11.5 Å². The maximum absolute atomic E-state index is 13.0. The van der Waals surface area contributed by atoms with Gasteiger partial charge in [0.15, 0.2) is 22.7 Å². The number of Topliss-reactive ketones (excluding diaryl/α,β-unsaturated/α-hetero) is 1. The monoisotopic (exact) mass is 427 g/mol. The number of ketones is 1. The first-order valence-corrected chi connectivity index (χ1v) is 10.6. The predicted molar refractivity (Wildman–Crippen MR) is 121 cm³/mol. The molecule has 2 aromatic rings. The van der Waals surface area contributed by atoms with Crippen molar-refractivity contribution >= 4 is 17.5 Å². The number of carbonyl (C=O) groups excluding carboxylic acids is 1. The van der Waals surface area contributed by atoms with Gasteiger partial charge in [-0.25, -0.2) is 0 Å². The third kappa shape index (κ3) is 3.11. The first-order valence-electron chi connectivity index (χ1n) is 10.6. The highest BCUT2D eigenvalue weighted by atomic mass is 16.5. The van der Waals surface area contributed by atoms with Gasteiger partial charge in [-0.15, -0.1) is 0 Å². The van der Waals surface area contributed by atoms with Crippen molar-refractivity contribution in [2.45, 2.75) is 44.9 Å². The summed E-state index contributed by atoms with van der Waals surface area (Å²) >= 11 is 0. The lowest BCUT2D eigenvalue weighted by Crippen LogP contribution is -2.43. The average molecular weight is 428 g/mol. The van der Waals surface area contributed by atoms with Crippen molar-refractivity contribution < 1.29 is 14.3 Å². The second-order valence-corrected chi connectivity index (χ2v) is 8.47. The largest absolute Gasteiger partial charge is 0.493 e. The van der Waals surface area contributed by atoms with E-state index in [0.717, 1.165) is 11.3 Å². The highest BCUT2D eigenvalue weighted by molar-refractivity contribution is 5.91. The molecule has 0 aromatic heterocycles. The molecule has 0 radical (unpaired) electrons. The number of anilines is 1. The van der Waals surface area contributed by atoms with Crippen LogP contribution >= 0.6 is 0 Å². The highest BCUT2D eigenvalue weighted by Crippen LogP contribution is 2.55. The summed E-state index contributed by atoms with van der Waals surface area (Å²) in [6.07, 6.45) is 3.76. The molecule has 2 aliphatic rings. The van der Waals surface area contributed by atoms with Crippen LogP contribution in [0, 0.1) is 28.1 Å². The Morgan fingerprint density at radius 3 is 2.47 bits per heavy atom. The Labute approximate surface area is 188 Å². The van der Waals surface area contributed by atoms with E-state index in [0.29, 0.717) is 17.1 Å². The number of nitrogens with zero attached hydrogens (tertiary/aromatic N) is 3. The Kier molecular flexibility index (Phi) is 5.40. The summed E-state index contributed by atoms with van der Waals surface area (Å²) in [5.74, 6) is 0.312. The minimum Gasteiger partial charge on any atom is -0.493 e. The highest BCUT2D eigenvalue weighted by Gasteiger charge is 2.62. The normalized spacial score (nSPS) is 22.5. The zero-order valence-corrected chi connectivity index (χ0v) is 18.6. The summed E-state index contributed by atoms with van der Waals surface area (Å²) in [6, 6.07) is 16.5. The standard InChI is InChI=1S/C26H25N3O3/c1-16(2)32-21-11-9-19(13-22(21)31-4)24-25(17(3)30)29-20-8-6-5-7-18(20)10-12-23(29)26(24,14-27)15-28/h5-13,16,23-25H,1-4H3/t23-,24+,25+/m0/s1. The molecule has 0 N–H and O–H groups in total. The van der Waals surface area contributed by atoms with Crippen molar-refractivity contribution in [1.82, 2.24) is 0 Å². The molecular weight excluding hydrogens is 402 g/mol. The number of hydrogen-bond donors (Lipinski definition) is 0. The molecule has 1 saturated heterocycles. The first kappa shape index (κ1) is 21.5. The van der Waals surface area contributed by atoms with Crippen LogP contribution in [0.3, 0.4) is 0 Å². The summed E-state index contributed by atoms with van der Waals surface area (Å²) in [5.41, 5.74) is 1.05. The van der Waals surface area contributed by atoms with Gasteiger partial charge in [0.1, 0.15) is 0 Å². The van der Waals surface area contributed by atoms with Gasteiger partial charge in [-0.3, -0.25) is 4.79 Å². The van der Waals surface area contributed by atoms with Gasteiger partial charge in [-0.05, 0) is 50.1 Å². The lowest BCUT2D eigenvalue weighted by molar-refractivity contribution is -0.118. The smallest absolute Gasteiger partial charge is 0.176 e. The molecule has 0 amide bonds. The third-order valence-electron chi connectivity index (χ3n) is 6.24. The fourth-order valence-corrected chi connectivity index (χ4v) is 4.99. The number of rotatable bonds is 5. The lowest BCUT2D eigenvalue weighted by Gasteiger charge is -2.35. The van der Waals surface area contributed by atoms with E-state index < -0.39 is 23.4 Å². The summed E-state index contributed by atoms with van der Waals surface area (Å²) < 4.78 is 11.4. The van der Waals surface area contributed by atoms with E-state index in [1.54, 1.807) is 19.2 Å². The second kappa shape index (κ2) is 8.05. The van der Waals surface area contributed by atoms with Gasteiger partial charge in [-0.2, -0.15) is 10.5 Å². The molecule has 4 rings (SSSR count). The maximum Gasteiger partial charge on any atom is 0.176 e. The van der Waals surface area contributed by atoms with Gasteiger partial charge in [0, 0.05) is 11.6 Å². The van der Waals surface area contributed by atoms with E-state index in [1.807, 2.05) is 61.2 Å². The quantitative estimate of drug-likeness (QED) is 0.700. The van der Waals surface area contributed by atoms with Gasteiger partial charge in [0.25, 0.3) is 0 Å². The Morgan fingerprint density at radius 1 is 1.12 bits per heavy atom. The summed E-state index contributed by atoms with van der Waals surface area (Å²) in [5, 5.41) is 20.7. The second-order valence-electron chi connectivity index (χ2n) is 8.47. The number of nitriles is 2. The van der Waals surface area contributed by atoms with Crippen molar-refractivity contribution in [1.29, 1.82) is 10.5 Å². The van der Waals surface area contributed by atoms with E-state index in [1.165, 1.54) is 6.92 Å². The van der Waals surface area contributed by atoms with Crippen LogP contribution in [-0.2, 0) is 4.79 Å². The Balaban J connectivity index is 1.93. The van der Waals surface area contributed by atoms with E-state index in [2.05, 4.69) is 12.1 Å². The molecule has 2 aromatic carbocycles. The molecule has 1 fully saturated rings. The number of benzene rings is 2. The molecule has 6 nitrogen and oxygen atoms in total. The van der Waals surface area contributed by atoms with E-state index in [-0.39, 0.29) is 11.9 Å². The zero-order chi connectivity index (χ0) is 23.0. The Bertz CT molecular complexity index is 1160. The Hall–Kier alpha value is -3.77. The first-order chi connectivity index (χ1) is 15.4. The van der Waals surface area contributed by atoms with Crippen LogP contribution < -0.4 is 14.4 Å². The molecule has 6 heteroatoms. The van der Waals surface area contributed by atoms with Gasteiger partial charge in [0.2, 0.25) is 0 Å². The minimum atomic E-state index is -1.45. The molecule has 162 valence electrons. The number of fused-ring (bicyclic) bond motifs is 3. The summed E-state index contributed by atoms with van der Waals surface area (Å²) in [7, 11) is 1.55. The van der Waals surface area contributed by atoms with E-state index in [9.17, 15) is 15.3 Å². The van der Waals surface area contributed by atoms with Crippen molar-refractivity contribution in [2.24, 2.45) is 5.41 Å². The number of hydrogen-bond acceptors (Lipinski definition) is 6. The number of ether oxygens (including phenoxy) is 2. The topological polar surface area (TPSA) is 86.4 Å². The fraction of sp³-hybridized carbons (Fsp3) is 0.346. The summed E-state index contributed by atoms with van der Waals surface area (Å²) in [6.45, 7) is 5.37. The maximum atomic E-state index is 13.0. The van der Waals surface area contributed by atoms with Crippen molar-refractivity contribution in [3.05, 3.63) is 59.7 Å². The molecule has 0 unspecified atom stereocenters. The van der Waals surface area contributed by atoms with Gasteiger partial charge < -0.3 is 14.4 Å². The van der Waals surface area contributed by atoms with Crippen molar-refractivity contribution in [3.8, 4) is 23.6 Å². The van der Waals surface area contributed by atoms with Crippen LogP contribution in [0.25, 0.3) is 6.08 Å². The molecule has 3 atom stereocenters. The van der Waals surface area contributed by atoms with Crippen LogP contribution in [0.15, 0.2) is 48.5 Å². The van der Waals surface area contributed by atoms with Crippen LogP contribution in [-0.4, -0.2) is 31.1 Å². The molecular formula is C26H25N3O3. The van der Waals surface area contributed by atoms with Gasteiger partial charge in [-0.1, -0.05) is 36.4 Å². The summed E-state index contributed by atoms with van der Waals surface area (Å²) in [4.78, 5) is 15.0. The fourth-order valence-electron chi connectivity index (χ4n) is 4.99. The minimum absolute atomic E-state index is 0.0425. The van der Waals surface area contributed by atoms with Crippen LogP contribution in [0.1, 0.15) is 37.8 Å². The van der Waals surface area contributed by atoms with Crippen LogP contribution in [0.2, 0.25) is 0 Å². The van der Waals surface area contributed by atoms with Crippen LogP contribution in [0.4, 0.5) is 5.69 Å². The predicted octanol–water partition coefficient (Wildman–Crippen LogP) is 4.47. The van der Waals surface area contributed by atoms with Gasteiger partial charge in [0.05, 0.1) is 37.4 Å². The third-order valence-corrected chi connectivity index (χ3v) is 6.24. The Morgan fingerprint density at radius 2 is 1.84 bits per heavy atom. The molecule has 0 aliphatic carbocycles. The zero-order valence-electron chi connectivity index (χ0n) is 18.6. The molecule has 0 bridgehead atoms. The van der Waals surface area contributed by atoms with Gasteiger partial charge >= 0.3 is 0 Å². The van der Waals surface area contributed by atoms with E-state index in [4.69, 9.17) is 9.47 Å². The molecule has 2 aliphatic heterocycles. The SMILES string of the molecule is COc1cc([C@@H]2[C@@H](C(C)=O)N3c4ccccc4C=C[C@H]3C2(C#N)C#N)ccc1OC(C)C. The lowest BCUT2D eigenvalue weighted by atomic mass is 9.69. The molecule has 2 heterocycles. The number of para-hydroxylation sites is 1. The van der Waals surface area contributed by atoms with Crippen molar-refractivity contribution in [2.75, 3.05) is 12.0 Å². The molecule has 0 saturated carbocycles. The molecule has 32 heavy (non-hydrogen) atoms. The van der Waals surface area contributed by atoms with Crippen molar-refractivity contribution in [3.63, 3.8) is 0 Å². The van der Waals surface area contributed by atoms with E-state index >= 15 is 0 Å². The number of methoxy groups -OCH3 is 1. The molecule has 0 spiro atoms.